The van der Waals surface area contributed by atoms with Crippen molar-refractivity contribution in [1.29, 1.82) is 0 Å². The first-order valence-corrected chi connectivity index (χ1v) is 3.79. The molecular formula is C7H6BrNO. The van der Waals surface area contributed by atoms with Gasteiger partial charge in [0.05, 0.1) is 9.99 Å². The monoisotopic (exact) mass is 199 g/mol. The smallest absolute Gasteiger partial charge is 0.153 e. The Morgan fingerprint density at radius 3 is 3.10 bits per heavy atom. The summed E-state index contributed by atoms with van der Waals surface area (Å²) >= 11 is 3.36. The van der Waals surface area contributed by atoms with Crippen LogP contribution in [0.1, 0.15) is 5.69 Å². The Bertz CT molecular complexity index is 360. The van der Waals surface area contributed by atoms with Crippen LogP contribution in [0.2, 0.25) is 0 Å². The highest BCUT2D eigenvalue weighted by atomic mass is 79.9. The summed E-state index contributed by atoms with van der Waals surface area (Å²) < 4.78 is 6.17. The minimum atomic E-state index is 0.907. The summed E-state index contributed by atoms with van der Waals surface area (Å²) in [6.07, 6.45) is 1.68. The summed E-state index contributed by atoms with van der Waals surface area (Å²) in [5.74, 6) is 0. The Labute approximate surface area is 66.3 Å². The summed E-state index contributed by atoms with van der Waals surface area (Å²) in [5, 5.41) is 0. The Morgan fingerprint density at radius 2 is 2.40 bits per heavy atom. The fraction of sp³-hybridized carbons (Fsp3) is 0.143. The number of aromatic amines is 1. The van der Waals surface area contributed by atoms with Crippen LogP contribution < -0.4 is 0 Å². The molecule has 0 aliphatic rings. The zero-order valence-corrected chi connectivity index (χ0v) is 7.03. The second-order valence-corrected chi connectivity index (χ2v) is 3.13. The maximum Gasteiger partial charge on any atom is 0.153 e. The van der Waals surface area contributed by atoms with Crippen LogP contribution in [0.25, 0.3) is 11.1 Å². The predicted molar refractivity (Wildman–Crippen MR) is 43.0 cm³/mol. The molecule has 0 aliphatic carbocycles. The highest BCUT2D eigenvalue weighted by Gasteiger charge is 2.04. The van der Waals surface area contributed by atoms with Crippen LogP contribution in [0.5, 0.6) is 0 Å². The first-order chi connectivity index (χ1) is 4.77. The molecule has 0 unspecified atom stereocenters. The normalized spacial score (nSPS) is 11.0. The SMILES string of the molecule is Cc1cc2occ(Br)c2[nH]1. The molecule has 0 saturated carbocycles. The van der Waals surface area contributed by atoms with E-state index in [9.17, 15) is 0 Å². The highest BCUT2D eigenvalue weighted by molar-refractivity contribution is 9.10. The summed E-state index contributed by atoms with van der Waals surface area (Å²) in [6.45, 7) is 2.00. The number of aromatic nitrogens is 1. The number of nitrogens with one attached hydrogen (secondary N) is 1. The van der Waals surface area contributed by atoms with Gasteiger partial charge >= 0.3 is 0 Å². The van der Waals surface area contributed by atoms with E-state index in [1.807, 2.05) is 13.0 Å². The van der Waals surface area contributed by atoms with Crippen LogP contribution >= 0.6 is 15.9 Å². The lowest BCUT2D eigenvalue weighted by Gasteiger charge is -1.78. The van der Waals surface area contributed by atoms with Gasteiger partial charge in [-0.05, 0) is 22.9 Å². The quantitative estimate of drug-likeness (QED) is 0.695. The standard InChI is InChI=1S/C7H6BrNO/c1-4-2-6-7(9-4)5(8)3-10-6/h2-3,9H,1H3. The van der Waals surface area contributed by atoms with Gasteiger partial charge in [0.2, 0.25) is 0 Å². The largest absolute Gasteiger partial charge is 0.461 e. The fourth-order valence-electron chi connectivity index (χ4n) is 1.01. The van der Waals surface area contributed by atoms with Gasteiger partial charge in [0.25, 0.3) is 0 Å². The molecule has 0 amide bonds. The average Bonchev–Trinajstić information content (AvgIpc) is 2.35. The van der Waals surface area contributed by atoms with Gasteiger partial charge in [0, 0.05) is 11.8 Å². The molecule has 2 aromatic rings. The van der Waals surface area contributed by atoms with E-state index in [4.69, 9.17) is 4.42 Å². The Kier molecular flexibility index (Phi) is 1.14. The van der Waals surface area contributed by atoms with E-state index in [-0.39, 0.29) is 0 Å². The molecule has 0 radical (unpaired) electrons. The number of halogens is 1. The molecular weight excluding hydrogens is 194 g/mol. The summed E-state index contributed by atoms with van der Waals surface area (Å²) in [5.41, 5.74) is 3.07. The minimum absolute atomic E-state index is 0.907. The fourth-order valence-corrected chi connectivity index (χ4v) is 1.40. The first kappa shape index (κ1) is 6.04. The zero-order chi connectivity index (χ0) is 7.14. The zero-order valence-electron chi connectivity index (χ0n) is 5.44. The van der Waals surface area contributed by atoms with Crippen molar-refractivity contribution >= 4 is 27.0 Å². The summed E-state index contributed by atoms with van der Waals surface area (Å²) in [4.78, 5) is 3.17. The number of aryl methyl sites for hydroxylation is 1. The molecule has 0 bridgehead atoms. The number of rotatable bonds is 0. The molecule has 3 heteroatoms. The molecule has 52 valence electrons. The second-order valence-electron chi connectivity index (χ2n) is 2.28. The first-order valence-electron chi connectivity index (χ1n) is 2.99. The second kappa shape index (κ2) is 1.89. The van der Waals surface area contributed by atoms with Crippen molar-refractivity contribution in [2.75, 3.05) is 0 Å². The van der Waals surface area contributed by atoms with E-state index in [2.05, 4.69) is 20.9 Å². The maximum atomic E-state index is 5.19. The number of hydrogen-bond acceptors (Lipinski definition) is 1. The van der Waals surface area contributed by atoms with Crippen molar-refractivity contribution in [3.05, 3.63) is 22.5 Å². The lowest BCUT2D eigenvalue weighted by molar-refractivity contribution is 0.614. The Morgan fingerprint density at radius 1 is 1.60 bits per heavy atom. The van der Waals surface area contributed by atoms with E-state index in [1.165, 1.54) is 0 Å². The highest BCUT2D eigenvalue weighted by Crippen LogP contribution is 2.25. The van der Waals surface area contributed by atoms with Crippen LogP contribution in [0.4, 0.5) is 0 Å². The number of furan rings is 1. The predicted octanol–water partition coefficient (Wildman–Crippen LogP) is 2.83. The minimum Gasteiger partial charge on any atom is -0.461 e. The van der Waals surface area contributed by atoms with Crippen LogP contribution in [-0.4, -0.2) is 4.98 Å². The average molecular weight is 200 g/mol. The molecule has 10 heavy (non-hydrogen) atoms. The van der Waals surface area contributed by atoms with Gasteiger partial charge in [-0.25, -0.2) is 0 Å². The van der Waals surface area contributed by atoms with E-state index in [0.29, 0.717) is 0 Å². The molecule has 2 aromatic heterocycles. The Balaban J connectivity index is 2.90. The van der Waals surface area contributed by atoms with Crippen LogP contribution in [0, 0.1) is 6.92 Å². The molecule has 0 atom stereocenters. The summed E-state index contributed by atoms with van der Waals surface area (Å²) in [6, 6.07) is 1.97. The molecule has 0 aromatic carbocycles. The molecule has 0 spiro atoms. The Hall–Kier alpha value is -0.700. The van der Waals surface area contributed by atoms with E-state index in [0.717, 1.165) is 21.3 Å². The van der Waals surface area contributed by atoms with Gasteiger partial charge in [-0.3, -0.25) is 0 Å². The van der Waals surface area contributed by atoms with Crippen LogP contribution in [-0.2, 0) is 0 Å². The third-order valence-corrected chi connectivity index (χ3v) is 2.03. The van der Waals surface area contributed by atoms with Crippen molar-refractivity contribution in [1.82, 2.24) is 4.98 Å². The van der Waals surface area contributed by atoms with E-state index in [1.54, 1.807) is 6.26 Å². The van der Waals surface area contributed by atoms with Crippen molar-refractivity contribution in [3.8, 4) is 0 Å². The molecule has 1 N–H and O–H groups in total. The van der Waals surface area contributed by atoms with Crippen LogP contribution in [0.3, 0.4) is 0 Å². The van der Waals surface area contributed by atoms with Gasteiger partial charge in [0.1, 0.15) is 6.26 Å². The van der Waals surface area contributed by atoms with E-state index >= 15 is 0 Å². The molecule has 0 fully saturated rings. The third kappa shape index (κ3) is 0.703. The van der Waals surface area contributed by atoms with Gasteiger partial charge in [-0.1, -0.05) is 0 Å². The molecule has 2 heterocycles. The van der Waals surface area contributed by atoms with Gasteiger partial charge in [0.15, 0.2) is 5.58 Å². The number of hydrogen-bond donors (Lipinski definition) is 1. The maximum absolute atomic E-state index is 5.19. The number of H-pyrrole nitrogens is 1. The lowest BCUT2D eigenvalue weighted by atomic mass is 10.5. The lowest BCUT2D eigenvalue weighted by Crippen LogP contribution is -1.65. The van der Waals surface area contributed by atoms with Crippen molar-refractivity contribution < 1.29 is 4.42 Å². The van der Waals surface area contributed by atoms with Gasteiger partial charge in [-0.2, -0.15) is 0 Å². The third-order valence-electron chi connectivity index (χ3n) is 1.44. The van der Waals surface area contributed by atoms with Gasteiger partial charge in [-0.15, -0.1) is 0 Å². The topological polar surface area (TPSA) is 28.9 Å². The van der Waals surface area contributed by atoms with Crippen molar-refractivity contribution in [2.45, 2.75) is 6.92 Å². The van der Waals surface area contributed by atoms with Crippen LogP contribution in [0.15, 0.2) is 21.2 Å². The summed E-state index contributed by atoms with van der Waals surface area (Å²) in [7, 11) is 0. The van der Waals surface area contributed by atoms with Crippen molar-refractivity contribution in [3.63, 3.8) is 0 Å². The molecule has 0 saturated heterocycles. The number of fused-ring (bicyclic) bond motifs is 1. The van der Waals surface area contributed by atoms with Crippen molar-refractivity contribution in [2.24, 2.45) is 0 Å². The molecule has 0 aliphatic heterocycles. The molecule has 2 nitrogen and oxygen atoms in total. The molecule has 2 rings (SSSR count). The van der Waals surface area contributed by atoms with E-state index < -0.39 is 0 Å². The van der Waals surface area contributed by atoms with Gasteiger partial charge < -0.3 is 9.40 Å².